The molecule has 0 saturated carbocycles. The number of methoxy groups -OCH3 is 1. The number of hydrogen-bond acceptors (Lipinski definition) is 6. The molecule has 0 aliphatic carbocycles. The van der Waals surface area contributed by atoms with Crippen molar-refractivity contribution in [2.75, 3.05) is 20.3 Å². The Bertz CT molecular complexity index is 1190. The molecule has 6 nitrogen and oxygen atoms in total. The molecule has 0 bridgehead atoms. The van der Waals surface area contributed by atoms with Crippen LogP contribution in [0.5, 0.6) is 17.2 Å². The number of aliphatic imine (C=N–C) groups is 1. The third-order valence-corrected chi connectivity index (χ3v) is 4.94. The van der Waals surface area contributed by atoms with Gasteiger partial charge < -0.3 is 18.9 Å². The minimum atomic E-state index is -0.489. The summed E-state index contributed by atoms with van der Waals surface area (Å²) in [4.78, 5) is 16.6. The molecule has 0 amide bonds. The molecule has 33 heavy (non-hydrogen) atoms. The number of hydrogen-bond donors (Lipinski definition) is 0. The molecule has 1 heterocycles. The van der Waals surface area contributed by atoms with E-state index in [-0.39, 0.29) is 5.70 Å². The molecule has 4 rings (SSSR count). The maximum Gasteiger partial charge on any atom is 0.363 e. The molecule has 168 valence electrons. The van der Waals surface area contributed by atoms with Crippen molar-refractivity contribution in [1.82, 2.24) is 0 Å². The number of benzene rings is 3. The van der Waals surface area contributed by atoms with E-state index in [0.717, 1.165) is 28.0 Å². The Kier molecular flexibility index (Phi) is 6.74. The largest absolute Gasteiger partial charge is 0.493 e. The summed E-state index contributed by atoms with van der Waals surface area (Å²) in [6.45, 7) is 4.84. The van der Waals surface area contributed by atoms with Gasteiger partial charge in [0.15, 0.2) is 17.2 Å². The van der Waals surface area contributed by atoms with Crippen LogP contribution in [0.4, 0.5) is 0 Å². The molecule has 3 aromatic carbocycles. The zero-order valence-electron chi connectivity index (χ0n) is 18.8. The van der Waals surface area contributed by atoms with Crippen LogP contribution in [0.25, 0.3) is 6.08 Å². The molecule has 3 aromatic rings. The molecule has 0 aromatic heterocycles. The van der Waals surface area contributed by atoms with Gasteiger partial charge in [0.1, 0.15) is 19.0 Å². The van der Waals surface area contributed by atoms with Crippen LogP contribution in [0.2, 0.25) is 0 Å². The van der Waals surface area contributed by atoms with Gasteiger partial charge in [0, 0.05) is 5.56 Å². The molecule has 0 radical (unpaired) electrons. The van der Waals surface area contributed by atoms with Gasteiger partial charge in [-0.05, 0) is 73.0 Å². The number of aryl methyl sites for hydroxylation is 2. The third kappa shape index (κ3) is 5.60. The van der Waals surface area contributed by atoms with E-state index in [1.54, 1.807) is 25.3 Å². The Hall–Kier alpha value is -4.06. The molecule has 0 unspecified atom stereocenters. The lowest BCUT2D eigenvalue weighted by Crippen LogP contribution is -2.09. The Labute approximate surface area is 193 Å². The number of cyclic esters (lactones) is 1. The van der Waals surface area contributed by atoms with Crippen LogP contribution >= 0.6 is 0 Å². The average Bonchev–Trinajstić information content (AvgIpc) is 3.17. The van der Waals surface area contributed by atoms with Crippen LogP contribution in [0.3, 0.4) is 0 Å². The molecular weight excluding hydrogens is 418 g/mol. The Morgan fingerprint density at radius 3 is 2.33 bits per heavy atom. The monoisotopic (exact) mass is 443 g/mol. The van der Waals surface area contributed by atoms with Gasteiger partial charge in [-0.2, -0.15) is 0 Å². The second kappa shape index (κ2) is 10.0. The summed E-state index contributed by atoms with van der Waals surface area (Å²) in [5.41, 5.74) is 4.04. The fraction of sp³-hybridized carbons (Fsp3) is 0.185. The average molecular weight is 443 g/mol. The molecule has 0 spiro atoms. The second-order valence-corrected chi connectivity index (χ2v) is 7.63. The van der Waals surface area contributed by atoms with Crippen LogP contribution in [0, 0.1) is 13.8 Å². The highest BCUT2D eigenvalue weighted by molar-refractivity contribution is 6.12. The van der Waals surface area contributed by atoms with E-state index in [4.69, 9.17) is 18.9 Å². The van der Waals surface area contributed by atoms with E-state index in [9.17, 15) is 4.79 Å². The van der Waals surface area contributed by atoms with E-state index < -0.39 is 5.97 Å². The number of rotatable bonds is 8. The van der Waals surface area contributed by atoms with Crippen molar-refractivity contribution < 1.29 is 23.7 Å². The van der Waals surface area contributed by atoms with E-state index in [0.29, 0.717) is 30.6 Å². The number of esters is 1. The normalized spacial score (nSPS) is 14.1. The zero-order valence-corrected chi connectivity index (χ0v) is 18.8. The molecular formula is C27H25NO5. The number of carbonyl (C=O) groups is 1. The maximum atomic E-state index is 12.2. The lowest BCUT2D eigenvalue weighted by atomic mass is 10.1. The van der Waals surface area contributed by atoms with Crippen LogP contribution in [0.15, 0.2) is 77.4 Å². The van der Waals surface area contributed by atoms with Gasteiger partial charge in [-0.15, -0.1) is 0 Å². The Balaban J connectivity index is 1.41. The van der Waals surface area contributed by atoms with Crippen LogP contribution in [-0.4, -0.2) is 32.2 Å². The number of nitrogens with zero attached hydrogens (tertiary/aromatic N) is 1. The summed E-state index contributed by atoms with van der Waals surface area (Å²) in [7, 11) is 1.57. The summed E-state index contributed by atoms with van der Waals surface area (Å²) < 4.78 is 22.4. The van der Waals surface area contributed by atoms with Crippen molar-refractivity contribution >= 4 is 17.9 Å². The first-order valence-electron chi connectivity index (χ1n) is 10.6. The lowest BCUT2D eigenvalue weighted by Gasteiger charge is -2.12. The number of ether oxygens (including phenoxy) is 4. The molecule has 0 saturated heterocycles. The highest BCUT2D eigenvalue weighted by Gasteiger charge is 2.24. The Morgan fingerprint density at radius 2 is 1.61 bits per heavy atom. The maximum absolute atomic E-state index is 12.2. The topological polar surface area (TPSA) is 66.4 Å². The molecule has 1 aliphatic rings. The standard InChI is InChI=1S/C27H25NO5/c1-18-13-19(2)15-22(14-18)31-11-12-32-24-10-9-20(17-25(24)30-3)16-23-27(29)33-26(28-23)21-7-5-4-6-8-21/h4-10,13-17H,11-12H2,1-3H3/b23-16-. The first-order chi connectivity index (χ1) is 16.0. The zero-order chi connectivity index (χ0) is 23.2. The minimum absolute atomic E-state index is 0.228. The summed E-state index contributed by atoms with van der Waals surface area (Å²) in [6, 6.07) is 20.8. The molecule has 0 N–H and O–H groups in total. The van der Waals surface area contributed by atoms with E-state index in [1.165, 1.54) is 0 Å². The molecule has 6 heteroatoms. The minimum Gasteiger partial charge on any atom is -0.493 e. The summed E-state index contributed by atoms with van der Waals surface area (Å²) in [5, 5.41) is 0. The lowest BCUT2D eigenvalue weighted by molar-refractivity contribution is -0.129. The van der Waals surface area contributed by atoms with Gasteiger partial charge in [-0.25, -0.2) is 9.79 Å². The van der Waals surface area contributed by atoms with Crippen LogP contribution in [0.1, 0.15) is 22.3 Å². The first kappa shape index (κ1) is 22.1. The quantitative estimate of drug-likeness (QED) is 0.275. The van der Waals surface area contributed by atoms with E-state index in [2.05, 4.69) is 11.1 Å². The van der Waals surface area contributed by atoms with Crippen molar-refractivity contribution in [1.29, 1.82) is 0 Å². The summed E-state index contributed by atoms with van der Waals surface area (Å²) in [6.07, 6.45) is 1.66. The van der Waals surface area contributed by atoms with Crippen molar-refractivity contribution in [3.05, 3.63) is 94.7 Å². The smallest absolute Gasteiger partial charge is 0.363 e. The molecule has 0 atom stereocenters. The van der Waals surface area contributed by atoms with Crippen molar-refractivity contribution in [3.8, 4) is 17.2 Å². The highest BCUT2D eigenvalue weighted by atomic mass is 16.6. The van der Waals surface area contributed by atoms with Gasteiger partial charge in [-0.1, -0.05) is 30.3 Å². The summed E-state index contributed by atoms with van der Waals surface area (Å²) in [5.74, 6) is 1.77. The van der Waals surface area contributed by atoms with Crippen molar-refractivity contribution in [3.63, 3.8) is 0 Å². The van der Waals surface area contributed by atoms with Gasteiger partial charge in [0.25, 0.3) is 0 Å². The SMILES string of the molecule is COc1cc(/C=C2\N=C(c3ccccc3)OC2=O)ccc1OCCOc1cc(C)cc(C)c1. The summed E-state index contributed by atoms with van der Waals surface area (Å²) >= 11 is 0. The first-order valence-corrected chi connectivity index (χ1v) is 10.6. The van der Waals surface area contributed by atoms with Crippen molar-refractivity contribution in [2.24, 2.45) is 4.99 Å². The fourth-order valence-corrected chi connectivity index (χ4v) is 3.49. The predicted molar refractivity (Wildman–Crippen MR) is 127 cm³/mol. The highest BCUT2D eigenvalue weighted by Crippen LogP contribution is 2.30. The van der Waals surface area contributed by atoms with E-state index >= 15 is 0 Å². The van der Waals surface area contributed by atoms with Gasteiger partial charge >= 0.3 is 5.97 Å². The number of carbonyl (C=O) groups excluding carboxylic acids is 1. The van der Waals surface area contributed by atoms with Gasteiger partial charge in [-0.3, -0.25) is 0 Å². The molecule has 1 aliphatic heterocycles. The third-order valence-electron chi connectivity index (χ3n) is 4.94. The van der Waals surface area contributed by atoms with Gasteiger partial charge in [0.05, 0.1) is 7.11 Å². The molecule has 0 fully saturated rings. The fourth-order valence-electron chi connectivity index (χ4n) is 3.49. The van der Waals surface area contributed by atoms with Crippen LogP contribution in [-0.2, 0) is 9.53 Å². The van der Waals surface area contributed by atoms with Crippen LogP contribution < -0.4 is 14.2 Å². The van der Waals surface area contributed by atoms with E-state index in [1.807, 2.05) is 62.4 Å². The predicted octanol–water partition coefficient (Wildman–Crippen LogP) is 5.11. The van der Waals surface area contributed by atoms with Crippen molar-refractivity contribution in [2.45, 2.75) is 13.8 Å². The Morgan fingerprint density at radius 1 is 0.879 bits per heavy atom. The van der Waals surface area contributed by atoms with Gasteiger partial charge in [0.2, 0.25) is 5.90 Å². The second-order valence-electron chi connectivity index (χ2n) is 7.63.